The molecule has 5 heteroatoms. The summed E-state index contributed by atoms with van der Waals surface area (Å²) in [7, 11) is 0. The third kappa shape index (κ3) is 2.83. The van der Waals surface area contributed by atoms with Crippen molar-refractivity contribution in [1.82, 2.24) is 4.90 Å². The van der Waals surface area contributed by atoms with Crippen LogP contribution in [0.3, 0.4) is 0 Å². The van der Waals surface area contributed by atoms with Gasteiger partial charge in [-0.05, 0) is 33.1 Å². The Labute approximate surface area is 108 Å². The molecule has 1 rings (SSSR count). The van der Waals surface area contributed by atoms with E-state index in [1.165, 1.54) is 4.90 Å². The van der Waals surface area contributed by atoms with Gasteiger partial charge in [0.2, 0.25) is 5.91 Å². The molecule has 104 valence electrons. The average Bonchev–Trinajstić information content (AvgIpc) is 2.66. The van der Waals surface area contributed by atoms with Gasteiger partial charge in [-0.15, -0.1) is 0 Å². The van der Waals surface area contributed by atoms with E-state index >= 15 is 0 Å². The molecule has 18 heavy (non-hydrogen) atoms. The molecule has 3 unspecified atom stereocenters. The van der Waals surface area contributed by atoms with Crippen LogP contribution in [-0.2, 0) is 9.59 Å². The van der Waals surface area contributed by atoms with Crippen LogP contribution in [0.5, 0.6) is 0 Å². The van der Waals surface area contributed by atoms with Crippen LogP contribution in [-0.4, -0.2) is 40.5 Å². The minimum absolute atomic E-state index is 0.0711. The maximum absolute atomic E-state index is 12.6. The van der Waals surface area contributed by atoms with Crippen molar-refractivity contribution in [3.63, 3.8) is 0 Å². The van der Waals surface area contributed by atoms with E-state index < -0.39 is 11.4 Å². The number of hydrogen-bond donors (Lipinski definition) is 2. The van der Waals surface area contributed by atoms with Gasteiger partial charge in [-0.1, -0.05) is 13.3 Å². The summed E-state index contributed by atoms with van der Waals surface area (Å²) in [6, 6.07) is -0.233. The van der Waals surface area contributed by atoms with Crippen molar-refractivity contribution in [3.8, 4) is 0 Å². The average molecular weight is 256 g/mol. The molecule has 1 saturated carbocycles. The first-order chi connectivity index (χ1) is 8.32. The van der Waals surface area contributed by atoms with Gasteiger partial charge in [0.05, 0.1) is 5.41 Å². The normalized spacial score (nSPS) is 29.0. The predicted octanol–water partition coefficient (Wildman–Crippen LogP) is 1.22. The van der Waals surface area contributed by atoms with Gasteiger partial charge in [0.15, 0.2) is 0 Å². The molecule has 0 heterocycles. The van der Waals surface area contributed by atoms with E-state index in [0.29, 0.717) is 0 Å². The Balaban J connectivity index is 2.91. The number of nitrogens with zero attached hydrogens (tertiary/aromatic N) is 1. The molecule has 0 bridgehead atoms. The van der Waals surface area contributed by atoms with E-state index in [2.05, 4.69) is 0 Å². The molecule has 0 aromatic heterocycles. The monoisotopic (exact) mass is 256 g/mol. The first-order valence-corrected chi connectivity index (χ1v) is 6.61. The minimum atomic E-state index is -0.973. The number of aliphatic carboxylic acids is 1. The molecule has 1 fully saturated rings. The van der Waals surface area contributed by atoms with Crippen LogP contribution in [0, 0.1) is 5.41 Å². The Hall–Kier alpha value is -1.10. The van der Waals surface area contributed by atoms with Crippen molar-refractivity contribution in [3.05, 3.63) is 0 Å². The molecule has 0 aromatic carbocycles. The van der Waals surface area contributed by atoms with Crippen LogP contribution in [0.1, 0.15) is 46.5 Å². The Morgan fingerprint density at radius 1 is 1.56 bits per heavy atom. The second kappa shape index (κ2) is 5.69. The highest BCUT2D eigenvalue weighted by Gasteiger charge is 2.46. The van der Waals surface area contributed by atoms with Gasteiger partial charge in [0.25, 0.3) is 0 Å². The summed E-state index contributed by atoms with van der Waals surface area (Å²) in [5.41, 5.74) is 5.43. The third-order valence-electron chi connectivity index (χ3n) is 4.21. The second-order valence-corrected chi connectivity index (χ2v) is 5.50. The quantitative estimate of drug-likeness (QED) is 0.774. The van der Waals surface area contributed by atoms with E-state index in [1.54, 1.807) is 0 Å². The van der Waals surface area contributed by atoms with Crippen molar-refractivity contribution in [2.75, 3.05) is 6.54 Å². The van der Waals surface area contributed by atoms with Crippen molar-refractivity contribution < 1.29 is 14.7 Å². The number of carboxylic acid groups (broad SMARTS) is 1. The molecule has 0 radical (unpaired) electrons. The zero-order valence-corrected chi connectivity index (χ0v) is 11.5. The molecule has 1 aliphatic carbocycles. The molecular weight excluding hydrogens is 232 g/mol. The smallest absolute Gasteiger partial charge is 0.323 e. The topological polar surface area (TPSA) is 83.6 Å². The number of carbonyl (C=O) groups is 2. The van der Waals surface area contributed by atoms with Gasteiger partial charge in [0, 0.05) is 12.1 Å². The van der Waals surface area contributed by atoms with Gasteiger partial charge in [-0.3, -0.25) is 9.59 Å². The molecule has 3 N–H and O–H groups in total. The SMILES string of the molecule is CCC(C)N(CC(=O)O)C(=O)C1(C)CCCC1N. The Morgan fingerprint density at radius 2 is 2.17 bits per heavy atom. The van der Waals surface area contributed by atoms with Gasteiger partial charge in [-0.2, -0.15) is 0 Å². The Kier molecular flexibility index (Phi) is 4.73. The van der Waals surface area contributed by atoms with Gasteiger partial charge >= 0.3 is 5.97 Å². The Bertz CT molecular complexity index is 332. The molecular formula is C13H24N2O3. The highest BCUT2D eigenvalue weighted by Crippen LogP contribution is 2.38. The fourth-order valence-corrected chi connectivity index (χ4v) is 2.58. The Morgan fingerprint density at radius 3 is 2.56 bits per heavy atom. The van der Waals surface area contributed by atoms with E-state index in [1.807, 2.05) is 20.8 Å². The van der Waals surface area contributed by atoms with Crippen molar-refractivity contribution >= 4 is 11.9 Å². The van der Waals surface area contributed by atoms with E-state index in [-0.39, 0.29) is 24.5 Å². The highest BCUT2D eigenvalue weighted by molar-refractivity contribution is 5.87. The maximum Gasteiger partial charge on any atom is 0.323 e. The van der Waals surface area contributed by atoms with E-state index in [0.717, 1.165) is 25.7 Å². The van der Waals surface area contributed by atoms with Crippen LogP contribution in [0.4, 0.5) is 0 Å². The fraction of sp³-hybridized carbons (Fsp3) is 0.846. The second-order valence-electron chi connectivity index (χ2n) is 5.50. The zero-order chi connectivity index (χ0) is 13.9. The number of carboxylic acids is 1. The minimum Gasteiger partial charge on any atom is -0.480 e. The lowest BCUT2D eigenvalue weighted by atomic mass is 9.83. The van der Waals surface area contributed by atoms with E-state index in [4.69, 9.17) is 10.8 Å². The molecule has 0 saturated heterocycles. The van der Waals surface area contributed by atoms with Crippen molar-refractivity contribution in [1.29, 1.82) is 0 Å². The predicted molar refractivity (Wildman–Crippen MR) is 69.0 cm³/mol. The zero-order valence-electron chi connectivity index (χ0n) is 11.5. The number of amides is 1. The summed E-state index contributed by atoms with van der Waals surface area (Å²) in [5.74, 6) is -1.08. The van der Waals surface area contributed by atoms with Gasteiger partial charge in [0.1, 0.15) is 6.54 Å². The van der Waals surface area contributed by atoms with Crippen LogP contribution >= 0.6 is 0 Å². The number of nitrogens with two attached hydrogens (primary N) is 1. The lowest BCUT2D eigenvalue weighted by Crippen LogP contribution is -2.53. The molecule has 0 aliphatic heterocycles. The van der Waals surface area contributed by atoms with Crippen LogP contribution < -0.4 is 5.73 Å². The summed E-state index contributed by atoms with van der Waals surface area (Å²) in [6.45, 7) is 5.45. The van der Waals surface area contributed by atoms with Crippen LogP contribution in [0.2, 0.25) is 0 Å². The first kappa shape index (κ1) is 15.0. The molecule has 1 amide bonds. The summed E-state index contributed by atoms with van der Waals surface area (Å²) >= 11 is 0. The van der Waals surface area contributed by atoms with Gasteiger partial charge < -0.3 is 15.7 Å². The van der Waals surface area contributed by atoms with Crippen LogP contribution in [0.15, 0.2) is 0 Å². The third-order valence-corrected chi connectivity index (χ3v) is 4.21. The molecule has 0 aromatic rings. The standard InChI is InChI=1S/C13H24N2O3/c1-4-9(2)15(8-11(16)17)12(18)13(3)7-5-6-10(13)14/h9-10H,4-8,14H2,1-3H3,(H,16,17). The largest absolute Gasteiger partial charge is 0.480 e. The highest BCUT2D eigenvalue weighted by atomic mass is 16.4. The van der Waals surface area contributed by atoms with Crippen LogP contribution in [0.25, 0.3) is 0 Å². The van der Waals surface area contributed by atoms with Gasteiger partial charge in [-0.25, -0.2) is 0 Å². The molecule has 0 spiro atoms. The lowest BCUT2D eigenvalue weighted by Gasteiger charge is -2.36. The molecule has 1 aliphatic rings. The fourth-order valence-electron chi connectivity index (χ4n) is 2.58. The number of rotatable bonds is 5. The molecule has 3 atom stereocenters. The number of carbonyl (C=O) groups excluding carboxylic acids is 1. The van der Waals surface area contributed by atoms with Crippen molar-refractivity contribution in [2.45, 2.75) is 58.5 Å². The summed E-state index contributed by atoms with van der Waals surface area (Å²) in [4.78, 5) is 25.0. The number of hydrogen-bond acceptors (Lipinski definition) is 3. The lowest BCUT2D eigenvalue weighted by molar-refractivity contribution is -0.151. The molecule has 5 nitrogen and oxygen atoms in total. The summed E-state index contributed by atoms with van der Waals surface area (Å²) < 4.78 is 0. The van der Waals surface area contributed by atoms with Crippen molar-refractivity contribution in [2.24, 2.45) is 11.1 Å². The summed E-state index contributed by atoms with van der Waals surface area (Å²) in [5, 5.41) is 8.94. The maximum atomic E-state index is 12.6. The summed E-state index contributed by atoms with van der Waals surface area (Å²) in [6.07, 6.45) is 3.26. The first-order valence-electron chi connectivity index (χ1n) is 6.61. The van der Waals surface area contributed by atoms with E-state index in [9.17, 15) is 9.59 Å².